The molecule has 238 valence electrons. The van der Waals surface area contributed by atoms with Crippen LogP contribution in [0.1, 0.15) is 106 Å². The second-order valence-corrected chi connectivity index (χ2v) is 11.6. The van der Waals surface area contributed by atoms with E-state index < -0.39 is 0 Å². The van der Waals surface area contributed by atoms with Crippen LogP contribution in [0.5, 0.6) is 0 Å². The zero-order valence-electron chi connectivity index (χ0n) is 27.4. The molecule has 0 radical (unpaired) electrons. The molecule has 0 spiro atoms. The summed E-state index contributed by atoms with van der Waals surface area (Å²) in [4.78, 5) is 18.2. The summed E-state index contributed by atoms with van der Waals surface area (Å²) in [6.07, 6.45) is 12.5. The molecule has 0 aromatic heterocycles. The molecule has 0 bridgehead atoms. The third-order valence-electron chi connectivity index (χ3n) is 8.23. The van der Waals surface area contributed by atoms with Crippen molar-refractivity contribution in [3.63, 3.8) is 0 Å². The van der Waals surface area contributed by atoms with E-state index in [0.717, 1.165) is 75.0 Å². The van der Waals surface area contributed by atoms with E-state index in [1.54, 1.807) is 0 Å². The number of ether oxygens (including phenoxy) is 1. The number of benzene rings is 3. The van der Waals surface area contributed by atoms with Gasteiger partial charge in [-0.25, -0.2) is 4.79 Å². The summed E-state index contributed by atoms with van der Waals surface area (Å²) in [5.41, 5.74) is 7.40. The number of carbonyl (C=O) groups is 1. The molecule has 6 heteroatoms. The van der Waals surface area contributed by atoms with Crippen LogP contribution >= 0.6 is 17.0 Å². The quantitative estimate of drug-likeness (QED) is 0.0736. The lowest BCUT2D eigenvalue weighted by Crippen LogP contribution is -2.11. The fourth-order valence-electron chi connectivity index (χ4n) is 5.91. The van der Waals surface area contributed by atoms with Crippen LogP contribution in [0.15, 0.2) is 57.9 Å². The summed E-state index contributed by atoms with van der Waals surface area (Å²) in [7, 11) is 0. The van der Waals surface area contributed by atoms with Gasteiger partial charge in [0, 0.05) is 47.4 Å². The van der Waals surface area contributed by atoms with Crippen molar-refractivity contribution in [2.24, 2.45) is 4.99 Å². The molecule has 0 atom stereocenters. The Bertz CT molecular complexity index is 1540. The number of esters is 1. The number of unbranched alkanes of at least 4 members (excludes halogenated alkanes) is 9. The Balaban J connectivity index is 0.00000529. The van der Waals surface area contributed by atoms with Gasteiger partial charge in [0.25, 0.3) is 0 Å². The minimum Gasteiger partial charge on any atom is -0.462 e. The van der Waals surface area contributed by atoms with Crippen molar-refractivity contribution in [1.82, 2.24) is 0 Å². The maximum Gasteiger partial charge on any atom is 0.338 e. The molecule has 2 aliphatic rings. The maximum atomic E-state index is 13.5. The molecule has 1 aliphatic carbocycles. The fraction of sp³-hybridized carbons (Fsp3) is 0.474. The summed E-state index contributed by atoms with van der Waals surface area (Å²) in [5.74, 6) is 0.476. The van der Waals surface area contributed by atoms with Crippen LogP contribution in [0.3, 0.4) is 0 Å². The average molecular weight is 664 g/mol. The standard InChI is InChI=1S/C38H50N2O3.BrH/c1-6-9-10-11-12-13-14-15-16-19-22-42-38(41)30-21-18-17-20-29(30)37-31-23-27(4)33(39-7-2)25-35(31)43-36-26-34(40-8-3)28(5)24-32(36)37;/h17-18,20-21,23-26,39H,6-16,19,22H2,1-5H3;1H/b40-34+;. The lowest BCUT2D eigenvalue weighted by molar-refractivity contribution is 0.0498. The molecule has 0 amide bonds. The maximum absolute atomic E-state index is 13.5. The minimum atomic E-state index is -0.274. The number of aryl methyl sites for hydroxylation is 2. The number of hydrogen-bond acceptors (Lipinski definition) is 5. The van der Waals surface area contributed by atoms with E-state index in [9.17, 15) is 4.79 Å². The molecule has 1 heterocycles. The molecule has 2 aromatic rings. The first kappa shape index (κ1) is 35.4. The Morgan fingerprint density at radius 1 is 0.818 bits per heavy atom. The first-order chi connectivity index (χ1) is 21.0. The Hall–Kier alpha value is -3.12. The van der Waals surface area contributed by atoms with Crippen LogP contribution in [-0.2, 0) is 4.74 Å². The van der Waals surface area contributed by atoms with Crippen molar-refractivity contribution in [3.05, 3.63) is 70.6 Å². The van der Waals surface area contributed by atoms with Crippen LogP contribution in [0, 0.1) is 13.8 Å². The third kappa shape index (κ3) is 8.97. The second kappa shape index (κ2) is 18.0. The van der Waals surface area contributed by atoms with Gasteiger partial charge in [-0.3, -0.25) is 4.99 Å². The molecule has 0 unspecified atom stereocenters. The van der Waals surface area contributed by atoms with Gasteiger partial charge in [-0.2, -0.15) is 0 Å². The summed E-state index contributed by atoms with van der Waals surface area (Å²) in [5, 5.41) is 5.34. The third-order valence-corrected chi connectivity index (χ3v) is 8.23. The van der Waals surface area contributed by atoms with E-state index in [1.165, 1.54) is 51.4 Å². The molecular formula is C38H51BrN2O3. The van der Waals surface area contributed by atoms with Gasteiger partial charge in [-0.1, -0.05) is 82.9 Å². The zero-order chi connectivity index (χ0) is 30.6. The van der Waals surface area contributed by atoms with Crippen molar-refractivity contribution in [2.75, 3.05) is 25.0 Å². The van der Waals surface area contributed by atoms with Crippen LogP contribution in [0.2, 0.25) is 0 Å². The van der Waals surface area contributed by atoms with Crippen molar-refractivity contribution < 1.29 is 13.9 Å². The molecule has 2 aromatic carbocycles. The van der Waals surface area contributed by atoms with E-state index >= 15 is 0 Å². The summed E-state index contributed by atoms with van der Waals surface area (Å²) in [6.45, 7) is 12.5. The second-order valence-electron chi connectivity index (χ2n) is 11.6. The highest BCUT2D eigenvalue weighted by Crippen LogP contribution is 2.43. The van der Waals surface area contributed by atoms with Crippen molar-refractivity contribution >= 4 is 39.6 Å². The fourth-order valence-corrected chi connectivity index (χ4v) is 5.91. The van der Waals surface area contributed by atoms with Gasteiger partial charge in [0.15, 0.2) is 0 Å². The van der Waals surface area contributed by atoms with E-state index in [0.29, 0.717) is 18.7 Å². The first-order valence-electron chi connectivity index (χ1n) is 16.5. The lowest BCUT2D eigenvalue weighted by atomic mass is 9.89. The van der Waals surface area contributed by atoms with Crippen molar-refractivity contribution in [3.8, 4) is 22.5 Å². The molecular weight excluding hydrogens is 612 g/mol. The summed E-state index contributed by atoms with van der Waals surface area (Å²) < 4.78 is 12.4. The van der Waals surface area contributed by atoms with Crippen molar-refractivity contribution in [1.29, 1.82) is 0 Å². The highest BCUT2D eigenvalue weighted by Gasteiger charge is 2.23. The number of nitrogens with one attached hydrogen (secondary N) is 1. The predicted octanol–water partition coefficient (Wildman–Crippen LogP) is 10.8. The van der Waals surface area contributed by atoms with Crippen LogP contribution in [-0.4, -0.2) is 25.7 Å². The molecule has 44 heavy (non-hydrogen) atoms. The van der Waals surface area contributed by atoms with Crippen LogP contribution in [0.4, 0.5) is 5.69 Å². The van der Waals surface area contributed by atoms with E-state index in [2.05, 4.69) is 56.2 Å². The van der Waals surface area contributed by atoms with E-state index in [-0.39, 0.29) is 23.0 Å². The van der Waals surface area contributed by atoms with Gasteiger partial charge >= 0.3 is 5.97 Å². The number of halogens is 1. The Morgan fingerprint density at radius 2 is 1.50 bits per heavy atom. The van der Waals surface area contributed by atoms with Gasteiger partial charge < -0.3 is 14.5 Å². The SMILES string of the molecule is Br.CCCCCCCCCCCCOC(=O)c1ccccc1-c1c2cc(C)/c(=N/CC)cc-2oc2cc(NCC)c(C)cc12. The average Bonchev–Trinajstić information content (AvgIpc) is 3.00. The Morgan fingerprint density at radius 3 is 2.18 bits per heavy atom. The zero-order valence-corrected chi connectivity index (χ0v) is 29.1. The smallest absolute Gasteiger partial charge is 0.338 e. The first-order valence-corrected chi connectivity index (χ1v) is 16.5. The predicted molar refractivity (Wildman–Crippen MR) is 190 cm³/mol. The summed E-state index contributed by atoms with van der Waals surface area (Å²) >= 11 is 0. The number of nitrogens with zero attached hydrogens (tertiary/aromatic N) is 1. The Labute approximate surface area is 274 Å². The number of anilines is 1. The van der Waals surface area contributed by atoms with E-state index in [1.807, 2.05) is 37.3 Å². The topological polar surface area (TPSA) is 63.8 Å². The minimum absolute atomic E-state index is 0. The molecule has 0 saturated heterocycles. The Kier molecular flexibility index (Phi) is 14.5. The number of fused-ring (bicyclic) bond motifs is 2. The molecule has 5 nitrogen and oxygen atoms in total. The highest BCUT2D eigenvalue weighted by atomic mass is 79.9. The molecule has 4 rings (SSSR count). The van der Waals surface area contributed by atoms with Crippen LogP contribution in [0.25, 0.3) is 33.4 Å². The molecule has 0 fully saturated rings. The molecule has 1 N–H and O–H groups in total. The van der Waals surface area contributed by atoms with Gasteiger partial charge in [0.2, 0.25) is 0 Å². The number of carbonyl (C=O) groups excluding carboxylic acids is 1. The van der Waals surface area contributed by atoms with Gasteiger partial charge in [-0.05, 0) is 69.0 Å². The monoisotopic (exact) mass is 662 g/mol. The molecule has 0 saturated carbocycles. The lowest BCUT2D eigenvalue weighted by Gasteiger charge is -2.20. The number of hydrogen-bond donors (Lipinski definition) is 1. The van der Waals surface area contributed by atoms with Gasteiger partial charge in [0.05, 0.1) is 17.5 Å². The van der Waals surface area contributed by atoms with Crippen LogP contribution < -0.4 is 10.7 Å². The largest absolute Gasteiger partial charge is 0.462 e. The number of rotatable bonds is 16. The normalized spacial score (nSPS) is 11.6. The van der Waals surface area contributed by atoms with Gasteiger partial charge in [-0.15, -0.1) is 17.0 Å². The van der Waals surface area contributed by atoms with Crippen molar-refractivity contribution in [2.45, 2.75) is 98.8 Å². The highest BCUT2D eigenvalue weighted by molar-refractivity contribution is 8.93. The molecule has 1 aliphatic heterocycles. The van der Waals surface area contributed by atoms with E-state index in [4.69, 9.17) is 9.15 Å². The van der Waals surface area contributed by atoms with Gasteiger partial charge in [0.1, 0.15) is 11.3 Å². The summed E-state index contributed by atoms with van der Waals surface area (Å²) in [6, 6.07) is 16.2.